The van der Waals surface area contributed by atoms with Gasteiger partial charge >= 0.3 is 6.03 Å². The van der Waals surface area contributed by atoms with Crippen LogP contribution in [-0.4, -0.2) is 19.1 Å². The fourth-order valence-corrected chi connectivity index (χ4v) is 2.08. The second-order valence-electron chi connectivity index (χ2n) is 5.36. The van der Waals surface area contributed by atoms with Crippen molar-refractivity contribution < 1.29 is 4.79 Å². The molecule has 0 heterocycles. The first kappa shape index (κ1) is 18.3. The Kier molecular flexibility index (Phi) is 14.7. The lowest BCUT2D eigenvalue weighted by Crippen LogP contribution is -2.36. The standard InChI is InChI=1S/C16H34N2O/c1-3-5-7-8-9-10-11-12-13-15-18-16(19)17-14-6-4-2/h3-15H2,1-2H3,(H2,17,18,19). The van der Waals surface area contributed by atoms with Gasteiger partial charge in [-0.15, -0.1) is 0 Å². The first-order valence-electron chi connectivity index (χ1n) is 8.33. The zero-order chi connectivity index (χ0) is 14.2. The zero-order valence-corrected chi connectivity index (χ0v) is 13.1. The molecule has 0 aliphatic heterocycles. The average Bonchev–Trinajstić information content (AvgIpc) is 2.41. The van der Waals surface area contributed by atoms with E-state index in [2.05, 4.69) is 24.5 Å². The largest absolute Gasteiger partial charge is 0.338 e. The Morgan fingerprint density at radius 3 is 1.58 bits per heavy atom. The summed E-state index contributed by atoms with van der Waals surface area (Å²) in [5, 5.41) is 5.77. The first-order chi connectivity index (χ1) is 9.31. The highest BCUT2D eigenvalue weighted by molar-refractivity contribution is 5.73. The SMILES string of the molecule is CCCCCCCCCCCNC(=O)NCCCC. The molecule has 0 aromatic heterocycles. The van der Waals surface area contributed by atoms with Gasteiger partial charge in [-0.3, -0.25) is 0 Å². The fraction of sp³-hybridized carbons (Fsp3) is 0.938. The quantitative estimate of drug-likeness (QED) is 0.471. The molecule has 0 fully saturated rings. The normalized spacial score (nSPS) is 10.4. The van der Waals surface area contributed by atoms with Crippen LogP contribution in [0, 0.1) is 0 Å². The van der Waals surface area contributed by atoms with E-state index in [1.165, 1.54) is 51.4 Å². The maximum atomic E-state index is 11.3. The monoisotopic (exact) mass is 270 g/mol. The second-order valence-corrected chi connectivity index (χ2v) is 5.36. The van der Waals surface area contributed by atoms with Gasteiger partial charge in [-0.25, -0.2) is 4.79 Å². The van der Waals surface area contributed by atoms with Gasteiger partial charge in [-0.2, -0.15) is 0 Å². The molecule has 114 valence electrons. The predicted octanol–water partition coefficient (Wildman–Crippen LogP) is 4.62. The van der Waals surface area contributed by atoms with Crippen LogP contribution in [0.25, 0.3) is 0 Å². The van der Waals surface area contributed by atoms with Gasteiger partial charge < -0.3 is 10.6 Å². The molecule has 0 unspecified atom stereocenters. The molecule has 0 rings (SSSR count). The Labute approximate surface area is 119 Å². The summed E-state index contributed by atoms with van der Waals surface area (Å²) in [6.45, 7) is 5.99. The topological polar surface area (TPSA) is 41.1 Å². The van der Waals surface area contributed by atoms with E-state index < -0.39 is 0 Å². The summed E-state index contributed by atoms with van der Waals surface area (Å²) in [5.41, 5.74) is 0. The Hall–Kier alpha value is -0.730. The molecular weight excluding hydrogens is 236 g/mol. The van der Waals surface area contributed by atoms with E-state index in [-0.39, 0.29) is 6.03 Å². The molecule has 2 amide bonds. The molecule has 0 radical (unpaired) electrons. The highest BCUT2D eigenvalue weighted by Crippen LogP contribution is 2.09. The minimum Gasteiger partial charge on any atom is -0.338 e. The number of carbonyl (C=O) groups is 1. The third-order valence-electron chi connectivity index (χ3n) is 3.38. The molecule has 0 aromatic rings. The van der Waals surface area contributed by atoms with Gasteiger partial charge in [0.25, 0.3) is 0 Å². The number of unbranched alkanes of at least 4 members (excludes halogenated alkanes) is 9. The summed E-state index contributed by atoms with van der Waals surface area (Å²) in [4.78, 5) is 11.3. The lowest BCUT2D eigenvalue weighted by atomic mass is 10.1. The maximum Gasteiger partial charge on any atom is 0.314 e. The van der Waals surface area contributed by atoms with Gasteiger partial charge in [-0.05, 0) is 12.8 Å². The number of urea groups is 1. The van der Waals surface area contributed by atoms with E-state index in [4.69, 9.17) is 0 Å². The summed E-state index contributed by atoms with van der Waals surface area (Å²) in [5.74, 6) is 0. The van der Waals surface area contributed by atoms with E-state index in [1.54, 1.807) is 0 Å². The van der Waals surface area contributed by atoms with Crippen LogP contribution in [0.1, 0.15) is 84.5 Å². The molecule has 0 aromatic carbocycles. The number of hydrogen-bond acceptors (Lipinski definition) is 1. The van der Waals surface area contributed by atoms with E-state index in [0.29, 0.717) is 0 Å². The first-order valence-corrected chi connectivity index (χ1v) is 8.33. The van der Waals surface area contributed by atoms with Crippen LogP contribution in [0.2, 0.25) is 0 Å². The van der Waals surface area contributed by atoms with Crippen molar-refractivity contribution >= 4 is 6.03 Å². The Morgan fingerprint density at radius 1 is 0.632 bits per heavy atom. The van der Waals surface area contributed by atoms with Crippen molar-refractivity contribution in [1.82, 2.24) is 10.6 Å². The molecule has 0 saturated heterocycles. The van der Waals surface area contributed by atoms with Crippen molar-refractivity contribution in [1.29, 1.82) is 0 Å². The van der Waals surface area contributed by atoms with E-state index in [0.717, 1.165) is 32.4 Å². The molecule has 3 heteroatoms. The van der Waals surface area contributed by atoms with Crippen molar-refractivity contribution in [2.45, 2.75) is 84.5 Å². The van der Waals surface area contributed by atoms with E-state index in [9.17, 15) is 4.79 Å². The van der Waals surface area contributed by atoms with E-state index >= 15 is 0 Å². The van der Waals surface area contributed by atoms with Crippen molar-refractivity contribution in [3.63, 3.8) is 0 Å². The molecule has 0 spiro atoms. The number of nitrogens with one attached hydrogen (secondary N) is 2. The minimum absolute atomic E-state index is 0.00647. The number of amides is 2. The molecule has 2 N–H and O–H groups in total. The number of hydrogen-bond donors (Lipinski definition) is 2. The Balaban J connectivity index is 3.07. The molecule has 0 saturated carbocycles. The zero-order valence-electron chi connectivity index (χ0n) is 13.1. The third kappa shape index (κ3) is 15.2. The smallest absolute Gasteiger partial charge is 0.314 e. The van der Waals surface area contributed by atoms with Crippen molar-refractivity contribution in [3.8, 4) is 0 Å². The van der Waals surface area contributed by atoms with Crippen LogP contribution in [0.15, 0.2) is 0 Å². The van der Waals surface area contributed by atoms with Gasteiger partial charge in [0, 0.05) is 13.1 Å². The second kappa shape index (κ2) is 15.3. The summed E-state index contributed by atoms with van der Waals surface area (Å²) < 4.78 is 0. The average molecular weight is 270 g/mol. The summed E-state index contributed by atoms with van der Waals surface area (Å²) in [6, 6.07) is -0.00647. The molecule has 0 aliphatic carbocycles. The van der Waals surface area contributed by atoms with Crippen LogP contribution < -0.4 is 10.6 Å². The summed E-state index contributed by atoms with van der Waals surface area (Å²) in [7, 11) is 0. The van der Waals surface area contributed by atoms with Crippen LogP contribution >= 0.6 is 0 Å². The fourth-order valence-electron chi connectivity index (χ4n) is 2.08. The van der Waals surface area contributed by atoms with Crippen molar-refractivity contribution in [3.05, 3.63) is 0 Å². The van der Waals surface area contributed by atoms with Crippen molar-refractivity contribution in [2.24, 2.45) is 0 Å². The number of rotatable bonds is 13. The van der Waals surface area contributed by atoms with Gasteiger partial charge in [0.1, 0.15) is 0 Å². The van der Waals surface area contributed by atoms with Crippen LogP contribution in [0.3, 0.4) is 0 Å². The van der Waals surface area contributed by atoms with Gasteiger partial charge in [0.2, 0.25) is 0 Å². The molecular formula is C16H34N2O. The van der Waals surface area contributed by atoms with Crippen LogP contribution in [0.4, 0.5) is 4.79 Å². The number of carbonyl (C=O) groups excluding carboxylic acids is 1. The lowest BCUT2D eigenvalue weighted by molar-refractivity contribution is 0.240. The third-order valence-corrected chi connectivity index (χ3v) is 3.38. The molecule has 0 bridgehead atoms. The molecule has 19 heavy (non-hydrogen) atoms. The highest BCUT2D eigenvalue weighted by Gasteiger charge is 1.97. The molecule has 0 aliphatic rings. The minimum atomic E-state index is -0.00647. The molecule has 3 nitrogen and oxygen atoms in total. The van der Waals surface area contributed by atoms with Gasteiger partial charge in [0.05, 0.1) is 0 Å². The van der Waals surface area contributed by atoms with Gasteiger partial charge in [-0.1, -0.05) is 71.6 Å². The lowest BCUT2D eigenvalue weighted by Gasteiger charge is -2.07. The maximum absolute atomic E-state index is 11.3. The van der Waals surface area contributed by atoms with Crippen LogP contribution in [-0.2, 0) is 0 Å². The highest BCUT2D eigenvalue weighted by atomic mass is 16.2. The predicted molar refractivity (Wildman–Crippen MR) is 83.5 cm³/mol. The van der Waals surface area contributed by atoms with E-state index in [1.807, 2.05) is 0 Å². The van der Waals surface area contributed by atoms with Gasteiger partial charge in [0.15, 0.2) is 0 Å². The van der Waals surface area contributed by atoms with Crippen LogP contribution in [0.5, 0.6) is 0 Å². The summed E-state index contributed by atoms with van der Waals surface area (Å²) in [6.07, 6.45) is 14.1. The molecule has 0 atom stereocenters. The van der Waals surface area contributed by atoms with Crippen molar-refractivity contribution in [2.75, 3.05) is 13.1 Å². The Morgan fingerprint density at radius 2 is 1.05 bits per heavy atom. The Bertz CT molecular complexity index is 195. The summed E-state index contributed by atoms with van der Waals surface area (Å²) >= 11 is 0.